The molecule has 7 nitrogen and oxygen atoms in total. The SMILES string of the molecule is CS(=O)(=O)NC(=O)c1cc(Cl)c(COc2cnc(OCC(F)(F)C(F)F)c(Cl)c2)cc1F. The Bertz CT molecular complexity index is 1120. The van der Waals surface area contributed by atoms with Crippen molar-refractivity contribution in [2.45, 2.75) is 19.0 Å². The van der Waals surface area contributed by atoms with Gasteiger partial charge in [-0.15, -0.1) is 0 Å². The number of benzene rings is 1. The highest BCUT2D eigenvalue weighted by molar-refractivity contribution is 7.89. The van der Waals surface area contributed by atoms with E-state index in [-0.39, 0.29) is 28.0 Å². The van der Waals surface area contributed by atoms with E-state index in [9.17, 15) is 35.2 Å². The van der Waals surface area contributed by atoms with E-state index in [0.717, 1.165) is 24.4 Å². The summed E-state index contributed by atoms with van der Waals surface area (Å²) in [6.07, 6.45) is -2.23. The number of aromatic nitrogens is 1. The molecule has 0 saturated heterocycles. The van der Waals surface area contributed by atoms with Crippen LogP contribution in [0.2, 0.25) is 10.0 Å². The van der Waals surface area contributed by atoms with Gasteiger partial charge in [0.1, 0.15) is 23.2 Å². The first-order valence-corrected chi connectivity index (χ1v) is 10.9. The second-order valence-electron chi connectivity index (χ2n) is 6.22. The maximum atomic E-state index is 14.2. The zero-order valence-electron chi connectivity index (χ0n) is 15.8. The Morgan fingerprint density at radius 1 is 1.19 bits per heavy atom. The lowest BCUT2D eigenvalue weighted by Crippen LogP contribution is -2.33. The van der Waals surface area contributed by atoms with Crippen molar-refractivity contribution in [2.75, 3.05) is 12.9 Å². The number of sulfonamides is 1. The number of nitrogens with one attached hydrogen (secondary N) is 1. The van der Waals surface area contributed by atoms with Crippen LogP contribution in [-0.2, 0) is 16.6 Å². The van der Waals surface area contributed by atoms with Gasteiger partial charge in [-0.2, -0.15) is 8.78 Å². The summed E-state index contributed by atoms with van der Waals surface area (Å²) >= 11 is 11.8. The Kier molecular flexibility index (Phi) is 8.12. The molecule has 1 aromatic carbocycles. The van der Waals surface area contributed by atoms with Crippen LogP contribution < -0.4 is 14.2 Å². The summed E-state index contributed by atoms with van der Waals surface area (Å²) in [5, 5.41) is -0.448. The zero-order valence-corrected chi connectivity index (χ0v) is 18.2. The van der Waals surface area contributed by atoms with Crippen LogP contribution in [0.25, 0.3) is 0 Å². The molecule has 2 rings (SSSR count). The first-order valence-electron chi connectivity index (χ1n) is 8.27. The fourth-order valence-corrected chi connectivity index (χ4v) is 2.95. The second kappa shape index (κ2) is 10.0. The minimum absolute atomic E-state index is 0.0293. The fraction of sp³-hybridized carbons (Fsp3) is 0.294. The lowest BCUT2D eigenvalue weighted by molar-refractivity contribution is -0.148. The van der Waals surface area contributed by atoms with Crippen LogP contribution in [-0.4, -0.2) is 44.5 Å². The third kappa shape index (κ3) is 7.07. The molecule has 176 valence electrons. The number of rotatable bonds is 9. The Morgan fingerprint density at radius 3 is 2.41 bits per heavy atom. The van der Waals surface area contributed by atoms with Crippen molar-refractivity contribution in [2.24, 2.45) is 0 Å². The van der Waals surface area contributed by atoms with Crippen molar-refractivity contribution >= 4 is 39.1 Å². The Balaban J connectivity index is 2.08. The molecule has 0 unspecified atom stereocenters. The van der Waals surface area contributed by atoms with Crippen molar-refractivity contribution in [3.8, 4) is 11.6 Å². The van der Waals surface area contributed by atoms with Crippen LogP contribution in [0, 0.1) is 5.82 Å². The normalized spacial score (nSPS) is 12.0. The van der Waals surface area contributed by atoms with Crippen LogP contribution in [0.1, 0.15) is 15.9 Å². The average Bonchev–Trinajstić information content (AvgIpc) is 2.66. The van der Waals surface area contributed by atoms with Gasteiger partial charge in [0.25, 0.3) is 5.91 Å². The van der Waals surface area contributed by atoms with E-state index in [4.69, 9.17) is 27.9 Å². The minimum atomic E-state index is -4.40. The molecule has 32 heavy (non-hydrogen) atoms. The first-order chi connectivity index (χ1) is 14.7. The summed E-state index contributed by atoms with van der Waals surface area (Å²) in [5.41, 5.74) is -0.552. The molecule has 1 heterocycles. The summed E-state index contributed by atoms with van der Waals surface area (Å²) in [5.74, 6) is -7.26. The molecular weight excluding hydrogens is 510 g/mol. The van der Waals surface area contributed by atoms with Crippen LogP contribution in [0.5, 0.6) is 11.6 Å². The summed E-state index contributed by atoms with van der Waals surface area (Å²) in [6, 6.07) is 2.84. The van der Waals surface area contributed by atoms with Gasteiger partial charge in [0.05, 0.1) is 18.0 Å². The van der Waals surface area contributed by atoms with E-state index >= 15 is 0 Å². The van der Waals surface area contributed by atoms with Crippen molar-refractivity contribution in [3.63, 3.8) is 0 Å². The van der Waals surface area contributed by atoms with Gasteiger partial charge in [-0.3, -0.25) is 4.79 Å². The van der Waals surface area contributed by atoms with E-state index in [2.05, 4.69) is 9.72 Å². The number of halogens is 7. The highest BCUT2D eigenvalue weighted by Crippen LogP contribution is 2.30. The molecule has 0 spiro atoms. The van der Waals surface area contributed by atoms with Crippen molar-refractivity contribution in [1.82, 2.24) is 9.71 Å². The van der Waals surface area contributed by atoms with Crippen molar-refractivity contribution in [1.29, 1.82) is 0 Å². The highest BCUT2D eigenvalue weighted by atomic mass is 35.5. The van der Waals surface area contributed by atoms with E-state index in [1.807, 2.05) is 0 Å². The van der Waals surface area contributed by atoms with Gasteiger partial charge in [0.15, 0.2) is 6.61 Å². The smallest absolute Gasteiger partial charge is 0.340 e. The standard InChI is InChI=1S/C17H13Cl2F5N2O5S/c1-32(28,29)26-14(27)10-4-11(18)8(2-13(10)20)6-30-9-3-12(19)15(25-5-9)31-7-17(23,24)16(21)22/h2-5,16H,6-7H2,1H3,(H,26,27). The summed E-state index contributed by atoms with van der Waals surface area (Å²) in [4.78, 5) is 15.4. The Labute approximate surface area is 188 Å². The van der Waals surface area contributed by atoms with Crippen molar-refractivity contribution < 1.29 is 44.6 Å². The van der Waals surface area contributed by atoms with Gasteiger partial charge < -0.3 is 9.47 Å². The largest absolute Gasteiger partial charge is 0.487 e. The molecule has 0 aliphatic heterocycles. The molecule has 0 saturated carbocycles. The zero-order chi connectivity index (χ0) is 24.3. The van der Waals surface area contributed by atoms with E-state index in [0.29, 0.717) is 6.26 Å². The molecule has 15 heteroatoms. The number of amides is 1. The number of pyridine rings is 1. The number of alkyl halides is 4. The second-order valence-corrected chi connectivity index (χ2v) is 8.79. The average molecular weight is 523 g/mol. The number of carbonyl (C=O) groups excluding carboxylic acids is 1. The van der Waals surface area contributed by atoms with Crippen LogP contribution in [0.4, 0.5) is 22.0 Å². The molecule has 0 bridgehead atoms. The molecule has 0 aliphatic carbocycles. The molecule has 0 fully saturated rings. The summed E-state index contributed by atoms with van der Waals surface area (Å²) in [7, 11) is -3.92. The summed E-state index contributed by atoms with van der Waals surface area (Å²) in [6.45, 7) is -2.00. The lowest BCUT2D eigenvalue weighted by Gasteiger charge is -2.16. The van der Waals surface area contributed by atoms with Gasteiger partial charge in [0, 0.05) is 16.7 Å². The number of hydrogen-bond donors (Lipinski definition) is 1. The molecule has 0 aliphatic rings. The van der Waals surface area contributed by atoms with E-state index in [1.54, 1.807) is 4.72 Å². The predicted octanol–water partition coefficient (Wildman–Crippen LogP) is 4.08. The Hall–Kier alpha value is -2.38. The molecule has 0 radical (unpaired) electrons. The fourth-order valence-electron chi connectivity index (χ4n) is 2.08. The van der Waals surface area contributed by atoms with E-state index in [1.165, 1.54) is 0 Å². The van der Waals surface area contributed by atoms with Gasteiger partial charge >= 0.3 is 12.3 Å². The monoisotopic (exact) mass is 522 g/mol. The maximum absolute atomic E-state index is 14.2. The van der Waals surface area contributed by atoms with Gasteiger partial charge in [-0.05, 0) is 12.1 Å². The minimum Gasteiger partial charge on any atom is -0.487 e. The molecule has 1 aromatic heterocycles. The first kappa shape index (κ1) is 25.9. The number of ether oxygens (including phenoxy) is 2. The molecular formula is C17H13Cl2F5N2O5S. The third-order valence-corrected chi connectivity index (χ3v) is 4.73. The number of carbonyl (C=O) groups is 1. The lowest BCUT2D eigenvalue weighted by atomic mass is 10.1. The van der Waals surface area contributed by atoms with Crippen LogP contribution in [0.3, 0.4) is 0 Å². The van der Waals surface area contributed by atoms with E-state index < -0.39 is 52.1 Å². The molecule has 1 N–H and O–H groups in total. The molecule has 2 aromatic rings. The third-order valence-electron chi connectivity index (χ3n) is 3.56. The highest BCUT2D eigenvalue weighted by Gasteiger charge is 2.42. The topological polar surface area (TPSA) is 94.6 Å². The van der Waals surface area contributed by atoms with Crippen LogP contribution in [0.15, 0.2) is 24.4 Å². The van der Waals surface area contributed by atoms with Gasteiger partial charge in [-0.1, -0.05) is 23.2 Å². The summed E-state index contributed by atoms with van der Waals surface area (Å²) < 4.78 is 98.0. The number of hydrogen-bond acceptors (Lipinski definition) is 6. The molecule has 1 amide bonds. The number of nitrogens with zero attached hydrogens (tertiary/aromatic N) is 1. The van der Waals surface area contributed by atoms with Crippen LogP contribution >= 0.6 is 23.2 Å². The van der Waals surface area contributed by atoms with Gasteiger partial charge in [-0.25, -0.2) is 31.3 Å². The Morgan fingerprint density at radius 2 is 1.84 bits per heavy atom. The molecule has 0 atom stereocenters. The van der Waals surface area contributed by atoms with Gasteiger partial charge in [0.2, 0.25) is 15.9 Å². The quantitative estimate of drug-likeness (QED) is 0.498. The van der Waals surface area contributed by atoms with Crippen molar-refractivity contribution in [3.05, 3.63) is 51.4 Å². The maximum Gasteiger partial charge on any atom is 0.340 e. The predicted molar refractivity (Wildman–Crippen MR) is 104 cm³/mol.